The Morgan fingerprint density at radius 1 is 1.50 bits per heavy atom. The number of nitriles is 1. The summed E-state index contributed by atoms with van der Waals surface area (Å²) in [7, 11) is 0. The minimum absolute atomic E-state index is 0.755. The molecule has 2 heteroatoms. The lowest BCUT2D eigenvalue weighted by atomic mass is 10.0. The van der Waals surface area contributed by atoms with Crippen molar-refractivity contribution < 1.29 is 0 Å². The molecule has 0 aromatic heterocycles. The maximum atomic E-state index is 8.15. The quantitative estimate of drug-likeness (QED) is 0.359. The molecule has 0 aromatic rings. The topological polar surface area (TPSA) is 35.8 Å². The Labute approximate surface area is 63.2 Å². The summed E-state index contributed by atoms with van der Waals surface area (Å²) >= 11 is 0. The van der Waals surface area contributed by atoms with Crippen LogP contribution in [0.25, 0.3) is 0 Å². The zero-order chi connectivity index (χ0) is 7.82. The van der Waals surface area contributed by atoms with Crippen LogP contribution in [0.15, 0.2) is 0 Å². The van der Waals surface area contributed by atoms with Crippen molar-refractivity contribution in [1.82, 2.24) is 5.32 Å². The van der Waals surface area contributed by atoms with E-state index < -0.39 is 0 Å². The molecule has 10 heavy (non-hydrogen) atoms. The van der Waals surface area contributed by atoms with Gasteiger partial charge in [0.15, 0.2) is 6.19 Å². The van der Waals surface area contributed by atoms with Crippen molar-refractivity contribution >= 4 is 0 Å². The van der Waals surface area contributed by atoms with Gasteiger partial charge in [0, 0.05) is 6.54 Å². The normalized spacial score (nSPS) is 12.1. The van der Waals surface area contributed by atoms with E-state index in [9.17, 15) is 0 Å². The predicted molar refractivity (Wildman–Crippen MR) is 42.3 cm³/mol. The molecule has 0 aliphatic carbocycles. The van der Waals surface area contributed by atoms with E-state index >= 15 is 0 Å². The Morgan fingerprint density at radius 3 is 2.70 bits per heavy atom. The van der Waals surface area contributed by atoms with Crippen molar-refractivity contribution in [3.8, 4) is 6.19 Å². The fourth-order valence-corrected chi connectivity index (χ4v) is 1.01. The maximum Gasteiger partial charge on any atom is 0.176 e. The van der Waals surface area contributed by atoms with Crippen LogP contribution in [0.1, 0.15) is 33.1 Å². The van der Waals surface area contributed by atoms with Crippen LogP contribution < -0.4 is 5.32 Å². The summed E-state index contributed by atoms with van der Waals surface area (Å²) in [6, 6.07) is 0. The molecule has 0 aliphatic rings. The highest BCUT2D eigenvalue weighted by Crippen LogP contribution is 2.07. The predicted octanol–water partition coefficient (Wildman–Crippen LogP) is 1.88. The monoisotopic (exact) mass is 140 g/mol. The van der Waals surface area contributed by atoms with E-state index in [0.717, 1.165) is 18.9 Å². The van der Waals surface area contributed by atoms with E-state index in [-0.39, 0.29) is 0 Å². The average molecular weight is 140 g/mol. The largest absolute Gasteiger partial charge is 0.324 e. The summed E-state index contributed by atoms with van der Waals surface area (Å²) in [5, 5.41) is 10.8. The molecule has 0 aromatic carbocycles. The lowest BCUT2D eigenvalue weighted by Crippen LogP contribution is -2.10. The fraction of sp³-hybridized carbons (Fsp3) is 0.875. The summed E-state index contributed by atoms with van der Waals surface area (Å²) < 4.78 is 0. The molecule has 0 aliphatic heterocycles. The van der Waals surface area contributed by atoms with Crippen molar-refractivity contribution in [2.24, 2.45) is 5.92 Å². The molecule has 1 atom stereocenters. The summed E-state index contributed by atoms with van der Waals surface area (Å²) in [4.78, 5) is 0. The van der Waals surface area contributed by atoms with E-state index in [4.69, 9.17) is 5.26 Å². The van der Waals surface area contributed by atoms with Gasteiger partial charge in [0.2, 0.25) is 0 Å². The number of hydrogen-bond donors (Lipinski definition) is 1. The zero-order valence-electron chi connectivity index (χ0n) is 6.85. The van der Waals surface area contributed by atoms with Gasteiger partial charge in [-0.05, 0) is 12.3 Å². The third-order valence-corrected chi connectivity index (χ3v) is 1.62. The van der Waals surface area contributed by atoms with Gasteiger partial charge in [-0.2, -0.15) is 5.26 Å². The highest BCUT2D eigenvalue weighted by Gasteiger charge is 1.98. The number of nitrogens with one attached hydrogen (secondary N) is 1. The molecule has 0 bridgehead atoms. The van der Waals surface area contributed by atoms with Crippen LogP contribution in [-0.4, -0.2) is 6.54 Å². The number of hydrogen-bond acceptors (Lipinski definition) is 2. The van der Waals surface area contributed by atoms with E-state index in [1.807, 2.05) is 6.19 Å². The molecule has 0 amide bonds. The molecule has 0 heterocycles. The van der Waals surface area contributed by atoms with Gasteiger partial charge in [0.25, 0.3) is 0 Å². The van der Waals surface area contributed by atoms with Crippen LogP contribution in [0.5, 0.6) is 0 Å². The Hall–Kier alpha value is -0.710. The smallest absolute Gasteiger partial charge is 0.176 e. The first kappa shape index (κ1) is 9.29. The van der Waals surface area contributed by atoms with Crippen LogP contribution >= 0.6 is 0 Å². The molecule has 1 unspecified atom stereocenters. The van der Waals surface area contributed by atoms with Gasteiger partial charge in [0.1, 0.15) is 0 Å². The zero-order valence-corrected chi connectivity index (χ0v) is 6.85. The van der Waals surface area contributed by atoms with E-state index in [0.29, 0.717) is 0 Å². The molecule has 1 N–H and O–H groups in total. The van der Waals surface area contributed by atoms with E-state index in [2.05, 4.69) is 19.2 Å². The SMILES string of the molecule is CCCC(C)CCNC#N. The highest BCUT2D eigenvalue weighted by atomic mass is 14.8. The fourth-order valence-electron chi connectivity index (χ4n) is 1.01. The maximum absolute atomic E-state index is 8.15. The lowest BCUT2D eigenvalue weighted by Gasteiger charge is -2.07. The van der Waals surface area contributed by atoms with Crippen molar-refractivity contribution in [1.29, 1.82) is 5.26 Å². The average Bonchev–Trinajstić information content (AvgIpc) is 1.89. The minimum atomic E-state index is 0.755. The van der Waals surface area contributed by atoms with Gasteiger partial charge in [-0.1, -0.05) is 26.7 Å². The van der Waals surface area contributed by atoms with Gasteiger partial charge in [-0.15, -0.1) is 0 Å². The van der Waals surface area contributed by atoms with E-state index in [1.165, 1.54) is 12.8 Å². The second-order valence-electron chi connectivity index (χ2n) is 2.72. The van der Waals surface area contributed by atoms with Gasteiger partial charge < -0.3 is 5.32 Å². The number of nitrogens with zero attached hydrogens (tertiary/aromatic N) is 1. The Balaban J connectivity index is 3.06. The second-order valence-corrected chi connectivity index (χ2v) is 2.72. The Bertz CT molecular complexity index is 104. The van der Waals surface area contributed by atoms with Crippen LogP contribution in [0, 0.1) is 17.4 Å². The first-order chi connectivity index (χ1) is 4.81. The van der Waals surface area contributed by atoms with Crippen molar-refractivity contribution in [2.45, 2.75) is 33.1 Å². The summed E-state index contributed by atoms with van der Waals surface area (Å²) in [5.74, 6) is 0.755. The molecule has 0 radical (unpaired) electrons. The molecule has 0 spiro atoms. The summed E-state index contributed by atoms with van der Waals surface area (Å²) in [6.07, 6.45) is 5.54. The van der Waals surface area contributed by atoms with Crippen LogP contribution in [-0.2, 0) is 0 Å². The van der Waals surface area contributed by atoms with Gasteiger partial charge >= 0.3 is 0 Å². The number of rotatable bonds is 5. The molecular weight excluding hydrogens is 124 g/mol. The van der Waals surface area contributed by atoms with Gasteiger partial charge in [-0.25, -0.2) is 0 Å². The molecule has 58 valence electrons. The lowest BCUT2D eigenvalue weighted by molar-refractivity contribution is 0.482. The first-order valence-electron chi connectivity index (χ1n) is 3.93. The van der Waals surface area contributed by atoms with Crippen LogP contribution in [0.2, 0.25) is 0 Å². The Morgan fingerprint density at radius 2 is 2.20 bits per heavy atom. The van der Waals surface area contributed by atoms with Crippen LogP contribution in [0.3, 0.4) is 0 Å². The van der Waals surface area contributed by atoms with Gasteiger partial charge in [0.05, 0.1) is 0 Å². The van der Waals surface area contributed by atoms with Crippen molar-refractivity contribution in [3.63, 3.8) is 0 Å². The molecule has 0 saturated carbocycles. The summed E-state index contributed by atoms with van der Waals surface area (Å²) in [6.45, 7) is 5.24. The van der Waals surface area contributed by atoms with Crippen molar-refractivity contribution in [3.05, 3.63) is 0 Å². The van der Waals surface area contributed by atoms with Crippen molar-refractivity contribution in [2.75, 3.05) is 6.54 Å². The highest BCUT2D eigenvalue weighted by molar-refractivity contribution is 4.65. The molecule has 2 nitrogen and oxygen atoms in total. The minimum Gasteiger partial charge on any atom is -0.324 e. The second kappa shape index (κ2) is 6.41. The Kier molecular flexibility index (Phi) is 5.96. The third-order valence-electron chi connectivity index (χ3n) is 1.62. The molecular formula is C8H16N2. The van der Waals surface area contributed by atoms with E-state index in [1.54, 1.807) is 0 Å². The molecule has 0 saturated heterocycles. The molecule has 0 fully saturated rings. The standard InChI is InChI=1S/C8H16N2/c1-3-4-8(2)5-6-10-7-9/h8,10H,3-6H2,1-2H3. The van der Waals surface area contributed by atoms with Gasteiger partial charge in [-0.3, -0.25) is 0 Å². The third kappa shape index (κ3) is 5.43. The first-order valence-corrected chi connectivity index (χ1v) is 3.93. The van der Waals surface area contributed by atoms with Crippen LogP contribution in [0.4, 0.5) is 0 Å². The summed E-state index contributed by atoms with van der Waals surface area (Å²) in [5.41, 5.74) is 0. The molecule has 0 rings (SSSR count).